The fraction of sp³-hybridized carbons (Fsp3) is 0. The average Bonchev–Trinajstić information content (AvgIpc) is 3.10. The molecule has 3 heteroatoms. The maximum atomic E-state index is 15.2. The molecule has 0 spiro atoms. The third kappa shape index (κ3) is 3.86. The molecule has 0 bridgehead atoms. The third-order valence-electron chi connectivity index (χ3n) is 9.12. The SMILES string of the molecule is O=P1(c2ccccc2)c2ccccc2Oc2cc(-c3c4ccccc4c(-c4cccc5ccccc45)c4ccccc34)ccc21. The standard InChI is InChI=1S/C42H27O2P/c43-45(30-15-2-1-3-16-30)39-24-11-10-23-37(39)44-38-27-29(25-26-40(38)45)41-33-18-6-8-20-35(33)42(36-21-9-7-19-34(36)41)32-22-12-14-28-13-4-5-17-31(28)32/h1-27H. The number of hydrogen-bond donors (Lipinski definition) is 0. The molecular formula is C42H27O2P. The Hall–Kier alpha value is -5.43. The summed E-state index contributed by atoms with van der Waals surface area (Å²) in [5.41, 5.74) is 4.63. The van der Waals surface area contributed by atoms with Crippen LogP contribution in [0.3, 0.4) is 0 Å². The van der Waals surface area contributed by atoms with E-state index in [1.165, 1.54) is 43.4 Å². The highest BCUT2D eigenvalue weighted by molar-refractivity contribution is 7.85. The second-order valence-corrected chi connectivity index (χ2v) is 14.3. The number of fused-ring (bicyclic) bond motifs is 5. The Kier molecular flexibility index (Phi) is 5.81. The monoisotopic (exact) mass is 594 g/mol. The molecule has 8 aromatic rings. The van der Waals surface area contributed by atoms with Crippen LogP contribution < -0.4 is 20.7 Å². The van der Waals surface area contributed by atoms with Gasteiger partial charge < -0.3 is 9.30 Å². The fourth-order valence-electron chi connectivity index (χ4n) is 7.15. The number of benzene rings is 8. The van der Waals surface area contributed by atoms with Crippen LogP contribution in [0.2, 0.25) is 0 Å². The van der Waals surface area contributed by atoms with Crippen molar-refractivity contribution in [3.63, 3.8) is 0 Å². The Morgan fingerprint density at radius 3 is 1.71 bits per heavy atom. The van der Waals surface area contributed by atoms with Crippen molar-refractivity contribution in [2.75, 3.05) is 0 Å². The third-order valence-corrected chi connectivity index (χ3v) is 12.2. The molecule has 1 aliphatic rings. The van der Waals surface area contributed by atoms with E-state index in [-0.39, 0.29) is 0 Å². The summed E-state index contributed by atoms with van der Waals surface area (Å²) in [5.74, 6) is 1.29. The van der Waals surface area contributed by atoms with Crippen LogP contribution in [0, 0.1) is 0 Å². The molecule has 2 nitrogen and oxygen atoms in total. The Labute approximate surface area is 261 Å². The van der Waals surface area contributed by atoms with E-state index in [0.29, 0.717) is 11.5 Å². The molecule has 9 rings (SSSR count). The van der Waals surface area contributed by atoms with Gasteiger partial charge in [0.1, 0.15) is 11.5 Å². The van der Waals surface area contributed by atoms with Crippen LogP contribution in [0.4, 0.5) is 0 Å². The maximum Gasteiger partial charge on any atom is 0.178 e. The number of hydrogen-bond acceptors (Lipinski definition) is 2. The lowest BCUT2D eigenvalue weighted by molar-refractivity contribution is 0.485. The molecule has 1 atom stereocenters. The van der Waals surface area contributed by atoms with Crippen LogP contribution in [-0.4, -0.2) is 0 Å². The second kappa shape index (κ2) is 10.1. The van der Waals surface area contributed by atoms with Gasteiger partial charge in [0.15, 0.2) is 7.14 Å². The van der Waals surface area contributed by atoms with Gasteiger partial charge in [0.25, 0.3) is 0 Å². The van der Waals surface area contributed by atoms with E-state index in [1.807, 2.05) is 60.7 Å². The van der Waals surface area contributed by atoms with Gasteiger partial charge in [-0.15, -0.1) is 0 Å². The zero-order valence-corrected chi connectivity index (χ0v) is 25.2. The molecule has 0 radical (unpaired) electrons. The molecule has 0 aromatic heterocycles. The largest absolute Gasteiger partial charge is 0.456 e. The number of para-hydroxylation sites is 1. The van der Waals surface area contributed by atoms with Gasteiger partial charge in [-0.2, -0.15) is 0 Å². The van der Waals surface area contributed by atoms with Crippen LogP contribution in [0.15, 0.2) is 164 Å². The predicted molar refractivity (Wildman–Crippen MR) is 189 cm³/mol. The zero-order valence-electron chi connectivity index (χ0n) is 24.4. The summed E-state index contributed by atoms with van der Waals surface area (Å²) in [5, 5.41) is 9.47. The van der Waals surface area contributed by atoms with Gasteiger partial charge in [-0.3, -0.25) is 0 Å². The molecule has 0 fully saturated rings. The van der Waals surface area contributed by atoms with E-state index in [1.54, 1.807) is 0 Å². The molecule has 0 N–H and O–H groups in total. The summed E-state index contributed by atoms with van der Waals surface area (Å²) in [4.78, 5) is 0. The van der Waals surface area contributed by atoms with Crippen molar-refractivity contribution in [2.45, 2.75) is 0 Å². The molecule has 1 aliphatic heterocycles. The number of ether oxygens (including phenoxy) is 1. The first-order valence-electron chi connectivity index (χ1n) is 15.2. The zero-order chi connectivity index (χ0) is 30.0. The lowest BCUT2D eigenvalue weighted by Crippen LogP contribution is -2.30. The first-order valence-corrected chi connectivity index (χ1v) is 16.9. The molecule has 8 aromatic carbocycles. The van der Waals surface area contributed by atoms with Gasteiger partial charge in [-0.05, 0) is 78.8 Å². The van der Waals surface area contributed by atoms with Gasteiger partial charge in [-0.1, -0.05) is 140 Å². The normalized spacial score (nSPS) is 15.5. The van der Waals surface area contributed by atoms with Gasteiger partial charge in [0.2, 0.25) is 0 Å². The average molecular weight is 595 g/mol. The minimum atomic E-state index is -3.15. The Morgan fingerprint density at radius 1 is 0.422 bits per heavy atom. The van der Waals surface area contributed by atoms with E-state index < -0.39 is 7.14 Å². The first-order chi connectivity index (χ1) is 22.2. The summed E-state index contributed by atoms with van der Waals surface area (Å²) >= 11 is 0. The van der Waals surface area contributed by atoms with Crippen LogP contribution in [0.25, 0.3) is 54.6 Å². The first kappa shape index (κ1) is 26.0. The highest BCUT2D eigenvalue weighted by atomic mass is 31.2. The lowest BCUT2D eigenvalue weighted by atomic mass is 9.85. The summed E-state index contributed by atoms with van der Waals surface area (Å²) in [6.07, 6.45) is 0. The highest BCUT2D eigenvalue weighted by Gasteiger charge is 2.39. The topological polar surface area (TPSA) is 26.3 Å². The predicted octanol–water partition coefficient (Wildman–Crippen LogP) is 10.2. The molecule has 212 valence electrons. The van der Waals surface area contributed by atoms with Crippen molar-refractivity contribution in [1.82, 2.24) is 0 Å². The summed E-state index contributed by atoms with van der Waals surface area (Å²) in [6, 6.07) is 56.3. The quantitative estimate of drug-likeness (QED) is 0.150. The molecule has 0 saturated heterocycles. The van der Waals surface area contributed by atoms with Crippen molar-refractivity contribution in [3.05, 3.63) is 164 Å². The van der Waals surface area contributed by atoms with Crippen LogP contribution in [-0.2, 0) is 4.57 Å². The van der Waals surface area contributed by atoms with Crippen LogP contribution >= 0.6 is 7.14 Å². The van der Waals surface area contributed by atoms with Gasteiger partial charge in [-0.25, -0.2) is 0 Å². The van der Waals surface area contributed by atoms with E-state index in [0.717, 1.165) is 27.0 Å². The van der Waals surface area contributed by atoms with Crippen molar-refractivity contribution < 1.29 is 9.30 Å². The van der Waals surface area contributed by atoms with E-state index in [9.17, 15) is 0 Å². The molecule has 1 heterocycles. The second-order valence-electron chi connectivity index (χ2n) is 11.6. The smallest absolute Gasteiger partial charge is 0.178 e. The van der Waals surface area contributed by atoms with Gasteiger partial charge in [0.05, 0.1) is 10.6 Å². The maximum absolute atomic E-state index is 15.2. The minimum absolute atomic E-state index is 0.643. The molecule has 0 saturated carbocycles. The van der Waals surface area contributed by atoms with Crippen LogP contribution in [0.5, 0.6) is 11.5 Å². The van der Waals surface area contributed by atoms with Crippen molar-refractivity contribution in [3.8, 4) is 33.8 Å². The Balaban J connectivity index is 1.33. The van der Waals surface area contributed by atoms with Gasteiger partial charge >= 0.3 is 0 Å². The fourth-order valence-corrected chi connectivity index (χ4v) is 9.99. The Bertz CT molecular complexity index is 2430. The minimum Gasteiger partial charge on any atom is -0.456 e. The summed E-state index contributed by atoms with van der Waals surface area (Å²) in [6.45, 7) is 0. The number of rotatable bonds is 3. The molecular weight excluding hydrogens is 567 g/mol. The van der Waals surface area contributed by atoms with Gasteiger partial charge in [0, 0.05) is 5.30 Å². The highest BCUT2D eigenvalue weighted by Crippen LogP contribution is 2.53. The van der Waals surface area contributed by atoms with Crippen molar-refractivity contribution >= 4 is 55.4 Å². The molecule has 0 aliphatic carbocycles. The Morgan fingerprint density at radius 2 is 0.978 bits per heavy atom. The molecule has 45 heavy (non-hydrogen) atoms. The summed E-state index contributed by atoms with van der Waals surface area (Å²) < 4.78 is 21.7. The van der Waals surface area contributed by atoms with Crippen molar-refractivity contribution in [1.29, 1.82) is 0 Å². The lowest BCUT2D eigenvalue weighted by Gasteiger charge is -2.29. The van der Waals surface area contributed by atoms with Crippen molar-refractivity contribution in [2.24, 2.45) is 0 Å². The van der Waals surface area contributed by atoms with E-state index in [2.05, 4.69) is 103 Å². The molecule has 0 amide bonds. The van der Waals surface area contributed by atoms with Crippen LogP contribution in [0.1, 0.15) is 0 Å². The molecule has 1 unspecified atom stereocenters. The van der Waals surface area contributed by atoms with E-state index >= 15 is 4.57 Å². The van der Waals surface area contributed by atoms with E-state index in [4.69, 9.17) is 4.74 Å². The summed E-state index contributed by atoms with van der Waals surface area (Å²) in [7, 11) is -3.15.